The molecule has 1 unspecified atom stereocenters. The highest BCUT2D eigenvalue weighted by atomic mass is 31.0. The lowest BCUT2D eigenvalue weighted by Crippen LogP contribution is -1.89. The van der Waals surface area contributed by atoms with Crippen LogP contribution in [0.2, 0.25) is 0 Å². The molecule has 0 saturated carbocycles. The molecule has 11 heavy (non-hydrogen) atoms. The fourth-order valence-corrected chi connectivity index (χ4v) is 1.31. The first kappa shape index (κ1) is 6.74. The minimum absolute atomic E-state index is 0.234. The Morgan fingerprint density at radius 3 is 3.09 bits per heavy atom. The van der Waals surface area contributed by atoms with Gasteiger partial charge in [0.1, 0.15) is 5.82 Å². The zero-order valence-electron chi connectivity index (χ0n) is 5.63. The van der Waals surface area contributed by atoms with E-state index < -0.39 is 0 Å². The van der Waals surface area contributed by atoms with Crippen molar-refractivity contribution < 1.29 is 4.39 Å². The fourth-order valence-electron chi connectivity index (χ4n) is 1.01. The lowest BCUT2D eigenvalue weighted by atomic mass is 10.2. The Morgan fingerprint density at radius 2 is 2.27 bits per heavy atom. The average Bonchev–Trinajstić information content (AvgIpc) is 2.33. The minimum Gasteiger partial charge on any atom is -0.277 e. The molecule has 0 aliphatic heterocycles. The Hall–Kier alpha value is -0.950. The molecule has 0 aliphatic carbocycles. The van der Waals surface area contributed by atoms with Gasteiger partial charge in [0, 0.05) is 5.39 Å². The molecule has 0 saturated heterocycles. The molecule has 2 nitrogen and oxygen atoms in total. The van der Waals surface area contributed by atoms with Crippen LogP contribution < -0.4 is 5.44 Å². The molecule has 56 valence electrons. The van der Waals surface area contributed by atoms with Crippen molar-refractivity contribution in [3.05, 3.63) is 24.0 Å². The van der Waals surface area contributed by atoms with Gasteiger partial charge in [-0.2, -0.15) is 5.10 Å². The molecule has 1 heterocycles. The monoisotopic (exact) mass is 168 g/mol. The summed E-state index contributed by atoms with van der Waals surface area (Å²) in [5.41, 5.74) is 1.61. The highest BCUT2D eigenvalue weighted by molar-refractivity contribution is 7.27. The summed E-state index contributed by atoms with van der Waals surface area (Å²) >= 11 is 0. The van der Waals surface area contributed by atoms with Gasteiger partial charge in [-0.1, -0.05) is 9.24 Å². The Morgan fingerprint density at radius 1 is 1.45 bits per heavy atom. The average molecular weight is 168 g/mol. The maximum Gasteiger partial charge on any atom is 0.124 e. The molecule has 2 rings (SSSR count). The van der Waals surface area contributed by atoms with Gasteiger partial charge >= 0.3 is 0 Å². The third kappa shape index (κ3) is 1.02. The van der Waals surface area contributed by atoms with Crippen LogP contribution in [0.1, 0.15) is 0 Å². The zero-order valence-corrected chi connectivity index (χ0v) is 6.79. The van der Waals surface area contributed by atoms with E-state index in [9.17, 15) is 4.39 Å². The van der Waals surface area contributed by atoms with Gasteiger partial charge in [0.15, 0.2) is 0 Å². The Balaban J connectivity index is 2.87. The van der Waals surface area contributed by atoms with E-state index in [1.165, 1.54) is 12.1 Å². The molecule has 1 aromatic carbocycles. The summed E-state index contributed by atoms with van der Waals surface area (Å²) in [6, 6.07) is 4.54. The van der Waals surface area contributed by atoms with Gasteiger partial charge in [-0.3, -0.25) is 5.10 Å². The topological polar surface area (TPSA) is 28.7 Å². The lowest BCUT2D eigenvalue weighted by molar-refractivity contribution is 0.630. The molecule has 0 radical (unpaired) electrons. The van der Waals surface area contributed by atoms with Crippen molar-refractivity contribution in [2.75, 3.05) is 0 Å². The Bertz CT molecular complexity index is 396. The largest absolute Gasteiger partial charge is 0.277 e. The molecule has 0 spiro atoms. The summed E-state index contributed by atoms with van der Waals surface area (Å²) in [4.78, 5) is 0. The summed E-state index contributed by atoms with van der Waals surface area (Å²) in [5.74, 6) is -0.234. The van der Waals surface area contributed by atoms with Crippen molar-refractivity contribution in [3.8, 4) is 0 Å². The van der Waals surface area contributed by atoms with Gasteiger partial charge in [-0.15, -0.1) is 0 Å². The van der Waals surface area contributed by atoms with Gasteiger partial charge in [0.25, 0.3) is 0 Å². The summed E-state index contributed by atoms with van der Waals surface area (Å²) in [5, 5.41) is 7.50. The van der Waals surface area contributed by atoms with Crippen molar-refractivity contribution in [2.24, 2.45) is 0 Å². The van der Waals surface area contributed by atoms with Crippen molar-refractivity contribution in [3.63, 3.8) is 0 Å². The first-order chi connectivity index (χ1) is 5.27. The molecule has 1 N–H and O–H groups in total. The number of hydrogen-bond acceptors (Lipinski definition) is 1. The number of nitrogens with zero attached hydrogens (tertiary/aromatic N) is 1. The fraction of sp³-hybridized carbons (Fsp3) is 0. The van der Waals surface area contributed by atoms with Crippen LogP contribution in [0.3, 0.4) is 0 Å². The SMILES string of the molecule is Fc1ccc2[nH]nc(P)c2c1. The first-order valence-corrected chi connectivity index (χ1v) is 3.74. The van der Waals surface area contributed by atoms with Gasteiger partial charge in [0.05, 0.1) is 11.0 Å². The minimum atomic E-state index is -0.234. The normalized spacial score (nSPS) is 10.7. The van der Waals surface area contributed by atoms with E-state index in [-0.39, 0.29) is 5.82 Å². The maximum absolute atomic E-state index is 12.6. The molecule has 2 aromatic rings. The molecular formula is C7H6FN2P. The molecule has 1 aromatic heterocycles. The highest BCUT2D eigenvalue weighted by Gasteiger charge is 2.00. The van der Waals surface area contributed by atoms with Crippen LogP contribution in [0.5, 0.6) is 0 Å². The number of rotatable bonds is 0. The van der Waals surface area contributed by atoms with Crippen molar-refractivity contribution in [2.45, 2.75) is 0 Å². The van der Waals surface area contributed by atoms with E-state index >= 15 is 0 Å². The number of H-pyrrole nitrogens is 1. The molecule has 1 atom stereocenters. The number of fused-ring (bicyclic) bond motifs is 1. The van der Waals surface area contributed by atoms with Crippen molar-refractivity contribution in [1.82, 2.24) is 10.2 Å². The van der Waals surface area contributed by atoms with E-state index in [0.29, 0.717) is 0 Å². The number of aromatic amines is 1. The van der Waals surface area contributed by atoms with E-state index in [4.69, 9.17) is 0 Å². The van der Waals surface area contributed by atoms with Crippen LogP contribution in [0, 0.1) is 5.82 Å². The van der Waals surface area contributed by atoms with Crippen LogP contribution >= 0.6 is 9.24 Å². The maximum atomic E-state index is 12.6. The highest BCUT2D eigenvalue weighted by Crippen LogP contribution is 2.11. The summed E-state index contributed by atoms with van der Waals surface area (Å²) < 4.78 is 12.6. The number of benzene rings is 1. The van der Waals surface area contributed by atoms with E-state index in [1.807, 2.05) is 0 Å². The predicted octanol–water partition coefficient (Wildman–Crippen LogP) is 1.20. The smallest absolute Gasteiger partial charge is 0.124 e. The number of nitrogens with one attached hydrogen (secondary N) is 1. The van der Waals surface area contributed by atoms with E-state index in [1.54, 1.807) is 6.07 Å². The summed E-state index contributed by atoms with van der Waals surface area (Å²) in [6.45, 7) is 0. The van der Waals surface area contributed by atoms with Crippen LogP contribution in [0.4, 0.5) is 4.39 Å². The second-order valence-electron chi connectivity index (χ2n) is 2.30. The summed E-state index contributed by atoms with van der Waals surface area (Å²) in [6.07, 6.45) is 0. The second-order valence-corrected chi connectivity index (χ2v) is 2.85. The Labute approximate surface area is 65.0 Å². The number of hydrogen-bond donors (Lipinski definition) is 1. The van der Waals surface area contributed by atoms with Crippen molar-refractivity contribution in [1.29, 1.82) is 0 Å². The second kappa shape index (κ2) is 2.28. The van der Waals surface area contributed by atoms with Crippen LogP contribution in [-0.4, -0.2) is 10.2 Å². The molecule has 4 heteroatoms. The van der Waals surface area contributed by atoms with Crippen LogP contribution in [0.15, 0.2) is 18.2 Å². The Kier molecular flexibility index (Phi) is 1.40. The lowest BCUT2D eigenvalue weighted by Gasteiger charge is -1.88. The van der Waals surface area contributed by atoms with Gasteiger partial charge < -0.3 is 0 Å². The quantitative estimate of drug-likeness (QED) is 0.588. The number of aromatic nitrogens is 2. The molecule has 0 bridgehead atoms. The van der Waals surface area contributed by atoms with Crippen LogP contribution in [-0.2, 0) is 0 Å². The zero-order chi connectivity index (χ0) is 7.84. The first-order valence-electron chi connectivity index (χ1n) is 3.16. The van der Waals surface area contributed by atoms with E-state index in [0.717, 1.165) is 16.3 Å². The predicted molar refractivity (Wildman–Crippen MR) is 45.4 cm³/mol. The standard InChI is InChI=1S/C7H6FN2P/c8-4-1-2-6-5(3-4)7(11)10-9-6/h1-3H,11H2,(H,9,10). The molecule has 0 fully saturated rings. The number of halogens is 1. The third-order valence-electron chi connectivity index (χ3n) is 1.55. The van der Waals surface area contributed by atoms with Gasteiger partial charge in [-0.25, -0.2) is 4.39 Å². The van der Waals surface area contributed by atoms with Crippen molar-refractivity contribution >= 4 is 25.6 Å². The van der Waals surface area contributed by atoms with Gasteiger partial charge in [0.2, 0.25) is 0 Å². The third-order valence-corrected chi connectivity index (χ3v) is 1.99. The van der Waals surface area contributed by atoms with Gasteiger partial charge in [-0.05, 0) is 18.2 Å². The summed E-state index contributed by atoms with van der Waals surface area (Å²) in [7, 11) is 2.44. The molecular weight excluding hydrogens is 162 g/mol. The molecule has 0 aliphatic rings. The molecule has 0 amide bonds. The van der Waals surface area contributed by atoms with E-state index in [2.05, 4.69) is 19.4 Å². The van der Waals surface area contributed by atoms with Crippen LogP contribution in [0.25, 0.3) is 10.9 Å².